The minimum atomic E-state index is -0.461. The monoisotopic (exact) mass is 503 g/mol. The first kappa shape index (κ1) is 26.5. The molecule has 1 N–H and O–H groups in total. The lowest BCUT2D eigenvalue weighted by Crippen LogP contribution is -2.36. The number of nitrogens with one attached hydrogen (secondary N) is 1. The summed E-state index contributed by atoms with van der Waals surface area (Å²) >= 11 is 0. The van der Waals surface area contributed by atoms with E-state index >= 15 is 0 Å². The molecule has 0 amide bonds. The molecule has 0 fully saturated rings. The lowest BCUT2D eigenvalue weighted by molar-refractivity contribution is -0.144. The van der Waals surface area contributed by atoms with Crippen LogP contribution in [0, 0.1) is 0 Å². The first-order valence-corrected chi connectivity index (χ1v) is 13.1. The van der Waals surface area contributed by atoms with E-state index in [0.717, 1.165) is 35.4 Å². The summed E-state index contributed by atoms with van der Waals surface area (Å²) in [7, 11) is 3.22. The number of methoxy groups -OCH3 is 2. The van der Waals surface area contributed by atoms with Crippen LogP contribution in [0.3, 0.4) is 0 Å². The highest BCUT2D eigenvalue weighted by atomic mass is 16.5. The molecule has 0 spiro atoms. The molecule has 3 atom stereocenters. The van der Waals surface area contributed by atoms with E-state index < -0.39 is 5.92 Å². The van der Waals surface area contributed by atoms with Crippen LogP contribution in [-0.2, 0) is 20.7 Å². The van der Waals surface area contributed by atoms with Gasteiger partial charge in [0.2, 0.25) is 0 Å². The molecule has 1 heterocycles. The molecule has 0 radical (unpaired) electrons. The highest BCUT2D eigenvalue weighted by molar-refractivity contribution is 6.04. The van der Waals surface area contributed by atoms with Crippen LogP contribution >= 0.6 is 0 Å². The fourth-order valence-electron chi connectivity index (χ4n) is 5.26. The third kappa shape index (κ3) is 5.29. The molecule has 0 bridgehead atoms. The van der Waals surface area contributed by atoms with E-state index in [0.29, 0.717) is 35.5 Å². The third-order valence-electron chi connectivity index (χ3n) is 7.53. The molecule has 0 aromatic heterocycles. The fraction of sp³-hybridized carbons (Fsp3) is 0.419. The molecule has 2 aliphatic rings. The normalized spacial score (nSPS) is 20.2. The average Bonchev–Trinajstić information content (AvgIpc) is 2.91. The molecule has 196 valence electrons. The van der Waals surface area contributed by atoms with Gasteiger partial charge in [0.15, 0.2) is 17.3 Å². The maximum Gasteiger partial charge on any atom is 0.337 e. The summed E-state index contributed by atoms with van der Waals surface area (Å²) in [5, 5.41) is 3.43. The number of carbonyl (C=O) groups excluding carboxylic acids is 2. The second kappa shape index (κ2) is 11.2. The second-order valence-electron chi connectivity index (χ2n) is 9.85. The molecule has 4 rings (SSSR count). The number of dihydropyridines is 1. The minimum absolute atomic E-state index is 0.0110. The molecule has 6 nitrogen and oxygen atoms in total. The zero-order valence-electron chi connectivity index (χ0n) is 22.6. The maximum atomic E-state index is 13.8. The Kier molecular flexibility index (Phi) is 8.06. The highest BCUT2D eigenvalue weighted by Crippen LogP contribution is 2.46. The Bertz CT molecular complexity index is 1240. The number of allylic oxidation sites excluding steroid dienone is 3. The van der Waals surface area contributed by atoms with Crippen LogP contribution in [0.2, 0.25) is 0 Å². The number of ether oxygens (including phenoxy) is 3. The molecule has 1 aliphatic heterocycles. The van der Waals surface area contributed by atoms with Crippen molar-refractivity contribution in [1.29, 1.82) is 0 Å². The van der Waals surface area contributed by atoms with Crippen molar-refractivity contribution in [2.24, 2.45) is 0 Å². The number of aryl methyl sites for hydroxylation is 1. The first-order valence-electron chi connectivity index (χ1n) is 13.1. The predicted octanol–water partition coefficient (Wildman–Crippen LogP) is 5.97. The molecule has 6 heteroatoms. The molecular formula is C31H37NO5. The van der Waals surface area contributed by atoms with Gasteiger partial charge < -0.3 is 19.5 Å². The fourth-order valence-corrected chi connectivity index (χ4v) is 5.26. The molecule has 37 heavy (non-hydrogen) atoms. The quantitative estimate of drug-likeness (QED) is 0.448. The largest absolute Gasteiger partial charge is 0.493 e. The van der Waals surface area contributed by atoms with E-state index in [-0.39, 0.29) is 23.8 Å². The van der Waals surface area contributed by atoms with E-state index in [1.54, 1.807) is 14.2 Å². The van der Waals surface area contributed by atoms with Crippen molar-refractivity contribution in [3.8, 4) is 11.5 Å². The Labute approximate surface area is 219 Å². The van der Waals surface area contributed by atoms with Crippen LogP contribution in [-0.4, -0.2) is 32.1 Å². The third-order valence-corrected chi connectivity index (χ3v) is 7.53. The SMILES string of the molecule is CCc1ccc([C@@H]2C(C(=O)O[C@@H](C)CC)=C(C)NC3=C2C(=O)C[C@@H](c2ccc(OC)c(OC)c2)C3)cc1. The van der Waals surface area contributed by atoms with Gasteiger partial charge in [0.25, 0.3) is 0 Å². The number of hydrogen-bond acceptors (Lipinski definition) is 6. The van der Waals surface area contributed by atoms with E-state index in [1.807, 2.05) is 51.1 Å². The summed E-state index contributed by atoms with van der Waals surface area (Å²) < 4.78 is 16.6. The van der Waals surface area contributed by atoms with Gasteiger partial charge in [-0.1, -0.05) is 44.2 Å². The van der Waals surface area contributed by atoms with Crippen LogP contribution < -0.4 is 14.8 Å². The van der Waals surface area contributed by atoms with Crippen LogP contribution in [0.25, 0.3) is 0 Å². The lowest BCUT2D eigenvalue weighted by atomic mass is 9.71. The van der Waals surface area contributed by atoms with E-state index in [4.69, 9.17) is 14.2 Å². The van der Waals surface area contributed by atoms with Gasteiger partial charge in [-0.2, -0.15) is 0 Å². The second-order valence-corrected chi connectivity index (χ2v) is 9.85. The van der Waals surface area contributed by atoms with Gasteiger partial charge in [0.1, 0.15) is 0 Å². The number of rotatable bonds is 8. The molecule has 1 aliphatic carbocycles. The maximum absolute atomic E-state index is 13.8. The van der Waals surface area contributed by atoms with Crippen molar-refractivity contribution in [3.63, 3.8) is 0 Å². The Morgan fingerprint density at radius 2 is 1.68 bits per heavy atom. The summed E-state index contributed by atoms with van der Waals surface area (Å²) in [6.07, 6.45) is 2.45. The highest BCUT2D eigenvalue weighted by Gasteiger charge is 2.41. The van der Waals surface area contributed by atoms with Gasteiger partial charge in [0, 0.05) is 29.3 Å². The average molecular weight is 504 g/mol. The van der Waals surface area contributed by atoms with Gasteiger partial charge in [-0.15, -0.1) is 0 Å². The Balaban J connectivity index is 1.76. The Hall–Kier alpha value is -3.54. The summed E-state index contributed by atoms with van der Waals surface area (Å²) in [4.78, 5) is 27.2. The van der Waals surface area contributed by atoms with Crippen molar-refractivity contribution >= 4 is 11.8 Å². The Morgan fingerprint density at radius 3 is 2.30 bits per heavy atom. The van der Waals surface area contributed by atoms with Gasteiger partial charge >= 0.3 is 5.97 Å². The van der Waals surface area contributed by atoms with Crippen LogP contribution in [0.15, 0.2) is 65.0 Å². The minimum Gasteiger partial charge on any atom is -0.493 e. The molecule has 2 aromatic rings. The molecule has 0 saturated heterocycles. The summed E-state index contributed by atoms with van der Waals surface area (Å²) in [5.74, 6) is 0.497. The standard InChI is InChI=1S/C31H37NO5/c1-7-18(3)37-31(34)28-19(4)32-24-15-23(22-13-14-26(35-5)27(17-22)36-6)16-25(33)30(24)29(28)21-11-9-20(8-2)10-12-21/h9-14,17-18,23,29,32H,7-8,15-16H2,1-6H3/t18-,23-,29+/m0/s1. The van der Waals surface area contributed by atoms with Crippen LogP contribution in [0.5, 0.6) is 11.5 Å². The number of carbonyl (C=O) groups is 2. The summed E-state index contributed by atoms with van der Waals surface area (Å²) in [5.41, 5.74) is 5.95. The van der Waals surface area contributed by atoms with Gasteiger partial charge in [-0.3, -0.25) is 4.79 Å². The van der Waals surface area contributed by atoms with Gasteiger partial charge in [-0.05, 0) is 67.9 Å². The van der Waals surface area contributed by atoms with Crippen LogP contribution in [0.4, 0.5) is 0 Å². The number of hydrogen-bond donors (Lipinski definition) is 1. The van der Waals surface area contributed by atoms with E-state index in [1.165, 1.54) is 5.56 Å². The molecular weight excluding hydrogens is 466 g/mol. The predicted molar refractivity (Wildman–Crippen MR) is 144 cm³/mol. The number of esters is 1. The summed E-state index contributed by atoms with van der Waals surface area (Å²) in [6, 6.07) is 14.0. The zero-order chi connectivity index (χ0) is 26.7. The zero-order valence-corrected chi connectivity index (χ0v) is 22.6. The number of benzene rings is 2. The van der Waals surface area contributed by atoms with Crippen molar-refractivity contribution in [1.82, 2.24) is 5.32 Å². The summed E-state index contributed by atoms with van der Waals surface area (Å²) in [6.45, 7) is 7.88. The van der Waals surface area contributed by atoms with E-state index in [9.17, 15) is 9.59 Å². The van der Waals surface area contributed by atoms with Gasteiger partial charge in [0.05, 0.1) is 25.9 Å². The smallest absolute Gasteiger partial charge is 0.337 e. The molecule has 0 saturated carbocycles. The number of Topliss-reactive ketones (excluding diaryl/α,β-unsaturated/α-hetero) is 1. The van der Waals surface area contributed by atoms with Crippen molar-refractivity contribution < 1.29 is 23.8 Å². The Morgan fingerprint density at radius 1 is 1.00 bits per heavy atom. The molecule has 2 aromatic carbocycles. The topological polar surface area (TPSA) is 73.9 Å². The van der Waals surface area contributed by atoms with Crippen LogP contribution in [0.1, 0.15) is 75.5 Å². The van der Waals surface area contributed by atoms with Crippen molar-refractivity contribution in [3.05, 3.63) is 81.7 Å². The number of ketones is 1. The van der Waals surface area contributed by atoms with Crippen molar-refractivity contribution in [2.45, 2.75) is 71.3 Å². The van der Waals surface area contributed by atoms with E-state index in [2.05, 4.69) is 24.4 Å². The van der Waals surface area contributed by atoms with Gasteiger partial charge in [-0.25, -0.2) is 4.79 Å². The van der Waals surface area contributed by atoms with Crippen molar-refractivity contribution in [2.75, 3.05) is 14.2 Å². The lowest BCUT2D eigenvalue weighted by Gasteiger charge is -2.37. The molecule has 0 unspecified atom stereocenters. The first-order chi connectivity index (χ1) is 17.8.